The average Bonchev–Trinajstić information content (AvgIpc) is 3.26. The lowest BCUT2D eigenvalue weighted by Crippen LogP contribution is -2.32. The Morgan fingerprint density at radius 1 is 1.35 bits per heavy atom. The minimum Gasteiger partial charge on any atom is -0.376 e. The maximum Gasteiger partial charge on any atom is 0.230 e. The van der Waals surface area contributed by atoms with Gasteiger partial charge in [-0.25, -0.2) is 0 Å². The molecule has 122 valence electrons. The summed E-state index contributed by atoms with van der Waals surface area (Å²) in [5.74, 6) is 1.87. The molecular formula is C17H20N2O3S. The topological polar surface area (TPSA) is 64.4 Å². The fourth-order valence-corrected chi connectivity index (χ4v) is 3.19. The van der Waals surface area contributed by atoms with Crippen LogP contribution in [0.3, 0.4) is 0 Å². The number of carbonyl (C=O) groups excluding carboxylic acids is 1. The summed E-state index contributed by atoms with van der Waals surface area (Å²) in [7, 11) is 0. The molecule has 1 aromatic carbocycles. The molecule has 1 saturated heterocycles. The summed E-state index contributed by atoms with van der Waals surface area (Å²) in [5, 5.41) is 6.96. The van der Waals surface area contributed by atoms with Crippen molar-refractivity contribution in [3.63, 3.8) is 0 Å². The molecule has 1 aliphatic rings. The second kappa shape index (κ2) is 8.17. The summed E-state index contributed by atoms with van der Waals surface area (Å²) in [6.45, 7) is 1.42. The minimum absolute atomic E-state index is 0.0391. The van der Waals surface area contributed by atoms with Crippen LogP contribution in [0.25, 0.3) is 11.3 Å². The smallest absolute Gasteiger partial charge is 0.230 e. The summed E-state index contributed by atoms with van der Waals surface area (Å²) in [4.78, 5) is 11.8. The van der Waals surface area contributed by atoms with Crippen LogP contribution >= 0.6 is 11.8 Å². The molecule has 3 rings (SSSR count). The van der Waals surface area contributed by atoms with E-state index in [1.807, 2.05) is 36.4 Å². The van der Waals surface area contributed by atoms with Gasteiger partial charge in [0.15, 0.2) is 5.76 Å². The summed E-state index contributed by atoms with van der Waals surface area (Å²) in [6.07, 6.45) is 2.31. The molecule has 1 fully saturated rings. The first-order chi connectivity index (χ1) is 11.3. The molecular weight excluding hydrogens is 312 g/mol. The van der Waals surface area contributed by atoms with Crippen LogP contribution < -0.4 is 5.32 Å². The third-order valence-corrected chi connectivity index (χ3v) is 4.62. The Labute approximate surface area is 139 Å². The Balaban J connectivity index is 1.39. The van der Waals surface area contributed by atoms with E-state index in [2.05, 4.69) is 10.5 Å². The van der Waals surface area contributed by atoms with Gasteiger partial charge < -0.3 is 14.6 Å². The van der Waals surface area contributed by atoms with Gasteiger partial charge in [-0.3, -0.25) is 4.79 Å². The molecule has 5 nitrogen and oxygen atoms in total. The molecule has 0 spiro atoms. The highest BCUT2D eigenvalue weighted by molar-refractivity contribution is 7.99. The standard InChI is InChI=1S/C17H20N2O3S/c20-17(18-10-15-7-4-8-21-15)12-23-11-14-9-16(22-19-14)13-5-2-1-3-6-13/h1-3,5-6,9,15H,4,7-8,10-12H2,(H,18,20)/t15-/m0/s1. The summed E-state index contributed by atoms with van der Waals surface area (Å²) in [6, 6.07) is 11.8. The van der Waals surface area contributed by atoms with Crippen LogP contribution in [0.5, 0.6) is 0 Å². The third kappa shape index (κ3) is 4.84. The molecule has 1 amide bonds. The van der Waals surface area contributed by atoms with Gasteiger partial charge in [0.05, 0.1) is 17.6 Å². The first kappa shape index (κ1) is 16.1. The fourth-order valence-electron chi connectivity index (χ4n) is 2.45. The number of nitrogens with one attached hydrogen (secondary N) is 1. The molecule has 2 heterocycles. The molecule has 1 aromatic heterocycles. The zero-order chi connectivity index (χ0) is 15.9. The van der Waals surface area contributed by atoms with Gasteiger partial charge in [-0.2, -0.15) is 0 Å². The Morgan fingerprint density at radius 3 is 3.00 bits per heavy atom. The van der Waals surface area contributed by atoms with E-state index >= 15 is 0 Å². The van der Waals surface area contributed by atoms with Crippen molar-refractivity contribution in [3.8, 4) is 11.3 Å². The molecule has 23 heavy (non-hydrogen) atoms. The fraction of sp³-hybridized carbons (Fsp3) is 0.412. The Morgan fingerprint density at radius 2 is 2.22 bits per heavy atom. The Hall–Kier alpha value is -1.79. The van der Waals surface area contributed by atoms with Crippen molar-refractivity contribution in [1.82, 2.24) is 10.5 Å². The number of thioether (sulfide) groups is 1. The number of rotatable bonds is 7. The maximum atomic E-state index is 11.8. The predicted molar refractivity (Wildman–Crippen MR) is 90.1 cm³/mol. The van der Waals surface area contributed by atoms with Crippen LogP contribution in [-0.2, 0) is 15.3 Å². The largest absolute Gasteiger partial charge is 0.376 e. The highest BCUT2D eigenvalue weighted by Gasteiger charge is 2.16. The van der Waals surface area contributed by atoms with Crippen molar-refractivity contribution in [2.75, 3.05) is 18.9 Å². The van der Waals surface area contributed by atoms with Gasteiger partial charge in [-0.1, -0.05) is 35.5 Å². The van der Waals surface area contributed by atoms with E-state index in [-0.39, 0.29) is 12.0 Å². The number of amides is 1. The van der Waals surface area contributed by atoms with Gasteiger partial charge in [0.1, 0.15) is 0 Å². The monoisotopic (exact) mass is 332 g/mol. The molecule has 0 bridgehead atoms. The van der Waals surface area contributed by atoms with Crippen LogP contribution in [0.2, 0.25) is 0 Å². The normalized spacial score (nSPS) is 17.3. The van der Waals surface area contributed by atoms with E-state index in [1.165, 1.54) is 11.8 Å². The number of carbonyl (C=O) groups is 1. The molecule has 1 N–H and O–H groups in total. The van der Waals surface area contributed by atoms with Crippen molar-refractivity contribution in [2.45, 2.75) is 24.7 Å². The van der Waals surface area contributed by atoms with Gasteiger partial charge in [0.2, 0.25) is 5.91 Å². The molecule has 1 atom stereocenters. The third-order valence-electron chi connectivity index (χ3n) is 3.65. The zero-order valence-corrected chi connectivity index (χ0v) is 13.7. The van der Waals surface area contributed by atoms with Crippen molar-refractivity contribution in [3.05, 3.63) is 42.1 Å². The second-order valence-electron chi connectivity index (χ2n) is 5.48. The molecule has 6 heteroatoms. The van der Waals surface area contributed by atoms with Crippen LogP contribution in [-0.4, -0.2) is 36.1 Å². The van der Waals surface area contributed by atoms with E-state index in [0.717, 1.165) is 36.5 Å². The lowest BCUT2D eigenvalue weighted by molar-refractivity contribution is -0.119. The number of hydrogen-bond donors (Lipinski definition) is 1. The van der Waals surface area contributed by atoms with Crippen molar-refractivity contribution in [2.24, 2.45) is 0 Å². The predicted octanol–water partition coefficient (Wildman–Crippen LogP) is 2.87. The molecule has 0 saturated carbocycles. The molecule has 0 radical (unpaired) electrons. The number of aromatic nitrogens is 1. The summed E-state index contributed by atoms with van der Waals surface area (Å²) in [5.41, 5.74) is 1.85. The highest BCUT2D eigenvalue weighted by atomic mass is 32.2. The molecule has 0 aliphatic carbocycles. The van der Waals surface area contributed by atoms with Crippen molar-refractivity contribution >= 4 is 17.7 Å². The van der Waals surface area contributed by atoms with Gasteiger partial charge in [-0.05, 0) is 12.8 Å². The number of benzene rings is 1. The van der Waals surface area contributed by atoms with E-state index in [1.54, 1.807) is 0 Å². The van der Waals surface area contributed by atoms with Crippen molar-refractivity contribution < 1.29 is 14.1 Å². The molecule has 0 unspecified atom stereocenters. The molecule has 1 aliphatic heterocycles. The first-order valence-electron chi connectivity index (χ1n) is 7.78. The number of nitrogens with zero attached hydrogens (tertiary/aromatic N) is 1. The van der Waals surface area contributed by atoms with Gasteiger partial charge in [-0.15, -0.1) is 11.8 Å². The van der Waals surface area contributed by atoms with Gasteiger partial charge >= 0.3 is 0 Å². The second-order valence-corrected chi connectivity index (χ2v) is 6.47. The van der Waals surface area contributed by atoms with Crippen molar-refractivity contribution in [1.29, 1.82) is 0 Å². The first-order valence-corrected chi connectivity index (χ1v) is 8.94. The maximum absolute atomic E-state index is 11.8. The van der Waals surface area contributed by atoms with E-state index < -0.39 is 0 Å². The minimum atomic E-state index is 0.0391. The average molecular weight is 332 g/mol. The molecule has 2 aromatic rings. The van der Waals surface area contributed by atoms with Crippen LogP contribution in [0.15, 0.2) is 40.9 Å². The van der Waals surface area contributed by atoms with Crippen LogP contribution in [0.1, 0.15) is 18.5 Å². The Kier molecular flexibility index (Phi) is 5.71. The quantitative estimate of drug-likeness (QED) is 0.844. The zero-order valence-electron chi connectivity index (χ0n) is 12.9. The number of ether oxygens (including phenoxy) is 1. The van der Waals surface area contributed by atoms with Gasteiger partial charge in [0, 0.05) is 30.5 Å². The van der Waals surface area contributed by atoms with E-state index in [0.29, 0.717) is 18.1 Å². The lowest BCUT2D eigenvalue weighted by Gasteiger charge is -2.10. The number of hydrogen-bond acceptors (Lipinski definition) is 5. The van der Waals surface area contributed by atoms with E-state index in [4.69, 9.17) is 9.26 Å². The van der Waals surface area contributed by atoms with Crippen LogP contribution in [0.4, 0.5) is 0 Å². The van der Waals surface area contributed by atoms with Crippen LogP contribution in [0, 0.1) is 0 Å². The summed E-state index contributed by atoms with van der Waals surface area (Å²) < 4.78 is 10.8. The lowest BCUT2D eigenvalue weighted by atomic mass is 10.2. The Bertz CT molecular complexity index is 624. The summed E-state index contributed by atoms with van der Waals surface area (Å²) >= 11 is 1.53. The van der Waals surface area contributed by atoms with Gasteiger partial charge in [0.25, 0.3) is 0 Å². The van der Waals surface area contributed by atoms with E-state index in [9.17, 15) is 4.79 Å². The highest BCUT2D eigenvalue weighted by Crippen LogP contribution is 2.21. The SMILES string of the molecule is O=C(CSCc1cc(-c2ccccc2)on1)NC[C@@H]1CCCO1.